The van der Waals surface area contributed by atoms with Gasteiger partial charge in [0.05, 0.1) is 19.4 Å². The highest BCUT2D eigenvalue weighted by Gasteiger charge is 2.19. The molecule has 0 aliphatic carbocycles. The molecule has 0 aliphatic rings. The minimum Gasteiger partial charge on any atom is -0.495 e. The third kappa shape index (κ3) is 3.86. The fourth-order valence-corrected chi connectivity index (χ4v) is 1.82. The largest absolute Gasteiger partial charge is 0.495 e. The van der Waals surface area contributed by atoms with Crippen LogP contribution in [-0.4, -0.2) is 44.2 Å². The van der Waals surface area contributed by atoms with Crippen LogP contribution in [0.15, 0.2) is 18.2 Å². The van der Waals surface area contributed by atoms with Crippen molar-refractivity contribution in [2.75, 3.05) is 33.1 Å². The van der Waals surface area contributed by atoms with E-state index in [1.165, 1.54) is 0 Å². The predicted octanol–water partition coefficient (Wildman–Crippen LogP) is 1.77. The fraction of sp³-hybridized carbons (Fsp3) is 0.500. The van der Waals surface area contributed by atoms with Crippen LogP contribution in [0.3, 0.4) is 0 Å². The SMILES string of the molecule is COCCN(C(=O)c1ccc(OC)c(N)c1)C(C)C. The number of carbonyl (C=O) groups excluding carboxylic acids is 1. The van der Waals surface area contributed by atoms with Crippen molar-refractivity contribution in [2.24, 2.45) is 0 Å². The average molecular weight is 266 g/mol. The monoisotopic (exact) mass is 266 g/mol. The lowest BCUT2D eigenvalue weighted by Gasteiger charge is -2.26. The van der Waals surface area contributed by atoms with Crippen molar-refractivity contribution in [3.63, 3.8) is 0 Å². The molecule has 1 rings (SSSR count). The Morgan fingerprint density at radius 1 is 1.37 bits per heavy atom. The summed E-state index contributed by atoms with van der Waals surface area (Å²) in [5.41, 5.74) is 6.85. The van der Waals surface area contributed by atoms with Gasteiger partial charge in [0.15, 0.2) is 0 Å². The van der Waals surface area contributed by atoms with Crippen LogP contribution in [-0.2, 0) is 4.74 Å². The Bertz CT molecular complexity index is 433. The van der Waals surface area contributed by atoms with Gasteiger partial charge in [-0.15, -0.1) is 0 Å². The van der Waals surface area contributed by atoms with E-state index in [0.29, 0.717) is 30.2 Å². The van der Waals surface area contributed by atoms with Crippen molar-refractivity contribution in [1.29, 1.82) is 0 Å². The summed E-state index contributed by atoms with van der Waals surface area (Å²) >= 11 is 0. The second kappa shape index (κ2) is 6.99. The molecule has 5 nitrogen and oxygen atoms in total. The fourth-order valence-electron chi connectivity index (χ4n) is 1.82. The van der Waals surface area contributed by atoms with Crippen molar-refractivity contribution < 1.29 is 14.3 Å². The molecule has 0 saturated carbocycles. The molecule has 0 heterocycles. The summed E-state index contributed by atoms with van der Waals surface area (Å²) in [5.74, 6) is 0.519. The van der Waals surface area contributed by atoms with E-state index in [1.54, 1.807) is 37.3 Å². The lowest BCUT2D eigenvalue weighted by molar-refractivity contribution is 0.0635. The molecule has 0 fully saturated rings. The van der Waals surface area contributed by atoms with Crippen molar-refractivity contribution in [2.45, 2.75) is 19.9 Å². The van der Waals surface area contributed by atoms with E-state index in [4.69, 9.17) is 15.2 Å². The Labute approximate surface area is 114 Å². The van der Waals surface area contributed by atoms with E-state index in [9.17, 15) is 4.79 Å². The van der Waals surface area contributed by atoms with E-state index in [0.717, 1.165) is 0 Å². The summed E-state index contributed by atoms with van der Waals surface area (Å²) in [6.07, 6.45) is 0. The van der Waals surface area contributed by atoms with Crippen molar-refractivity contribution in [3.05, 3.63) is 23.8 Å². The smallest absolute Gasteiger partial charge is 0.254 e. The number of nitrogen functional groups attached to an aromatic ring is 1. The molecule has 0 aliphatic heterocycles. The minimum atomic E-state index is -0.0543. The lowest BCUT2D eigenvalue weighted by Crippen LogP contribution is -2.39. The minimum absolute atomic E-state index is 0.0543. The van der Waals surface area contributed by atoms with Crippen LogP contribution < -0.4 is 10.5 Å². The van der Waals surface area contributed by atoms with Gasteiger partial charge in [-0.05, 0) is 32.0 Å². The molecule has 106 valence electrons. The number of amides is 1. The predicted molar refractivity (Wildman–Crippen MR) is 75.5 cm³/mol. The second-order valence-corrected chi connectivity index (χ2v) is 4.54. The van der Waals surface area contributed by atoms with E-state index < -0.39 is 0 Å². The van der Waals surface area contributed by atoms with Crippen LogP contribution in [0.1, 0.15) is 24.2 Å². The summed E-state index contributed by atoms with van der Waals surface area (Å²) in [7, 11) is 3.17. The zero-order valence-corrected chi connectivity index (χ0v) is 12.0. The molecule has 0 bridgehead atoms. The number of rotatable bonds is 6. The summed E-state index contributed by atoms with van der Waals surface area (Å²) < 4.78 is 10.1. The number of carbonyl (C=O) groups is 1. The van der Waals surface area contributed by atoms with Gasteiger partial charge < -0.3 is 20.1 Å². The summed E-state index contributed by atoms with van der Waals surface area (Å²) in [5, 5.41) is 0. The molecule has 1 aromatic carbocycles. The number of ether oxygens (including phenoxy) is 2. The van der Waals surface area contributed by atoms with Crippen LogP contribution in [0.5, 0.6) is 5.75 Å². The lowest BCUT2D eigenvalue weighted by atomic mass is 10.1. The zero-order valence-electron chi connectivity index (χ0n) is 12.0. The van der Waals surface area contributed by atoms with Crippen LogP contribution in [0.25, 0.3) is 0 Å². The molecule has 5 heteroatoms. The molecule has 0 radical (unpaired) electrons. The van der Waals surface area contributed by atoms with Crippen LogP contribution in [0.2, 0.25) is 0 Å². The van der Waals surface area contributed by atoms with E-state index in [-0.39, 0.29) is 11.9 Å². The molecule has 0 saturated heterocycles. The molecular weight excluding hydrogens is 244 g/mol. The Balaban J connectivity index is 2.93. The van der Waals surface area contributed by atoms with Gasteiger partial charge in [0.1, 0.15) is 5.75 Å². The Kier molecular flexibility index (Phi) is 5.63. The highest BCUT2D eigenvalue weighted by atomic mass is 16.5. The Morgan fingerprint density at radius 3 is 2.53 bits per heavy atom. The second-order valence-electron chi connectivity index (χ2n) is 4.54. The molecule has 0 aromatic heterocycles. The van der Waals surface area contributed by atoms with Crippen LogP contribution in [0.4, 0.5) is 5.69 Å². The maximum absolute atomic E-state index is 12.4. The van der Waals surface area contributed by atoms with Gasteiger partial charge in [-0.1, -0.05) is 0 Å². The van der Waals surface area contributed by atoms with Gasteiger partial charge in [0.25, 0.3) is 5.91 Å². The zero-order chi connectivity index (χ0) is 14.4. The van der Waals surface area contributed by atoms with Gasteiger partial charge in [-0.3, -0.25) is 4.79 Å². The maximum Gasteiger partial charge on any atom is 0.254 e. The summed E-state index contributed by atoms with van der Waals surface area (Å²) in [6.45, 7) is 5.01. The number of methoxy groups -OCH3 is 2. The topological polar surface area (TPSA) is 64.8 Å². The number of hydrogen-bond donors (Lipinski definition) is 1. The molecule has 0 spiro atoms. The number of hydrogen-bond acceptors (Lipinski definition) is 4. The molecule has 0 atom stereocenters. The number of nitrogens with two attached hydrogens (primary N) is 1. The summed E-state index contributed by atoms with van der Waals surface area (Å²) in [6, 6.07) is 5.17. The van der Waals surface area contributed by atoms with E-state index >= 15 is 0 Å². The molecular formula is C14H22N2O3. The van der Waals surface area contributed by atoms with Crippen LogP contribution in [0, 0.1) is 0 Å². The van der Waals surface area contributed by atoms with Gasteiger partial charge >= 0.3 is 0 Å². The third-order valence-electron chi connectivity index (χ3n) is 2.90. The van der Waals surface area contributed by atoms with Crippen molar-refractivity contribution >= 4 is 11.6 Å². The first-order chi connectivity index (χ1) is 9.01. The Morgan fingerprint density at radius 2 is 2.05 bits per heavy atom. The van der Waals surface area contributed by atoms with Gasteiger partial charge in [-0.2, -0.15) is 0 Å². The van der Waals surface area contributed by atoms with Gasteiger partial charge in [0.2, 0.25) is 0 Å². The molecule has 2 N–H and O–H groups in total. The molecule has 19 heavy (non-hydrogen) atoms. The third-order valence-corrected chi connectivity index (χ3v) is 2.90. The average Bonchev–Trinajstić information content (AvgIpc) is 2.38. The first kappa shape index (κ1) is 15.3. The normalized spacial score (nSPS) is 10.6. The van der Waals surface area contributed by atoms with E-state index in [2.05, 4.69) is 0 Å². The van der Waals surface area contributed by atoms with Crippen LogP contribution >= 0.6 is 0 Å². The van der Waals surface area contributed by atoms with Gasteiger partial charge in [0, 0.05) is 25.3 Å². The Hall–Kier alpha value is -1.75. The van der Waals surface area contributed by atoms with Gasteiger partial charge in [-0.25, -0.2) is 0 Å². The number of benzene rings is 1. The number of anilines is 1. The van der Waals surface area contributed by atoms with Crippen molar-refractivity contribution in [3.8, 4) is 5.75 Å². The van der Waals surface area contributed by atoms with Crippen molar-refractivity contribution in [1.82, 2.24) is 4.90 Å². The first-order valence-electron chi connectivity index (χ1n) is 6.24. The highest BCUT2D eigenvalue weighted by Crippen LogP contribution is 2.23. The molecule has 0 unspecified atom stereocenters. The quantitative estimate of drug-likeness (QED) is 0.797. The van der Waals surface area contributed by atoms with E-state index in [1.807, 2.05) is 13.8 Å². The molecule has 1 amide bonds. The number of nitrogens with zero attached hydrogens (tertiary/aromatic N) is 1. The summed E-state index contributed by atoms with van der Waals surface area (Å²) in [4.78, 5) is 14.2. The maximum atomic E-state index is 12.4. The highest BCUT2D eigenvalue weighted by molar-refractivity contribution is 5.95. The first-order valence-corrected chi connectivity index (χ1v) is 6.24. The standard InChI is InChI=1S/C14H22N2O3/c1-10(2)16(7-8-18-3)14(17)11-5-6-13(19-4)12(15)9-11/h5-6,9-10H,7-8,15H2,1-4H3. The molecule has 1 aromatic rings.